The molecule has 5 heteroatoms. The Morgan fingerprint density at radius 3 is 2.52 bits per heavy atom. The molecule has 1 aromatic heterocycles. The second-order valence-corrected chi connectivity index (χ2v) is 5.57. The van der Waals surface area contributed by atoms with E-state index in [2.05, 4.69) is 20.9 Å². The topological polar surface area (TPSA) is 43.8 Å². The molecule has 0 aliphatic rings. The third kappa shape index (κ3) is 2.45. The summed E-state index contributed by atoms with van der Waals surface area (Å²) in [5, 5.41) is 0. The maximum Gasteiger partial charge on any atom is 0.142 e. The molecule has 0 bridgehead atoms. The summed E-state index contributed by atoms with van der Waals surface area (Å²) in [7, 11) is 1.87. The number of hydrogen-bond acceptors (Lipinski definition) is 2. The average Bonchev–Trinajstić information content (AvgIpc) is 2.77. The van der Waals surface area contributed by atoms with E-state index in [1.807, 2.05) is 41.9 Å². The lowest BCUT2D eigenvalue weighted by Gasteiger charge is -2.03. The maximum absolute atomic E-state index is 13.2. The molecule has 0 unspecified atom stereocenters. The highest BCUT2D eigenvalue weighted by atomic mass is 79.9. The average molecular weight is 346 g/mol. The molecular weight excluding hydrogens is 333 g/mol. The quantitative estimate of drug-likeness (QED) is 0.754. The molecule has 3 nitrogen and oxygen atoms in total. The molecule has 2 aromatic carbocycles. The lowest BCUT2D eigenvalue weighted by Crippen LogP contribution is -1.98. The molecule has 1 heterocycles. The van der Waals surface area contributed by atoms with Crippen molar-refractivity contribution < 1.29 is 4.39 Å². The normalized spacial score (nSPS) is 10.8. The maximum atomic E-state index is 13.2. The number of halogens is 2. The van der Waals surface area contributed by atoms with Gasteiger partial charge in [0, 0.05) is 22.6 Å². The Kier molecular flexibility index (Phi) is 3.51. The first-order valence-corrected chi connectivity index (χ1v) is 7.20. The van der Waals surface area contributed by atoms with E-state index in [0.29, 0.717) is 16.0 Å². The first-order valence-electron chi connectivity index (χ1n) is 6.41. The smallest absolute Gasteiger partial charge is 0.142 e. The fourth-order valence-corrected chi connectivity index (χ4v) is 2.77. The van der Waals surface area contributed by atoms with Gasteiger partial charge in [-0.3, -0.25) is 0 Å². The zero-order valence-corrected chi connectivity index (χ0v) is 12.9. The summed E-state index contributed by atoms with van der Waals surface area (Å²) < 4.78 is 15.7. The first-order chi connectivity index (χ1) is 10.1. The number of anilines is 1. The van der Waals surface area contributed by atoms with Gasteiger partial charge in [0.1, 0.15) is 23.2 Å². The molecule has 3 aromatic rings. The number of imidazole rings is 1. The zero-order chi connectivity index (χ0) is 15.0. The van der Waals surface area contributed by atoms with E-state index < -0.39 is 0 Å². The Morgan fingerprint density at radius 2 is 1.86 bits per heavy atom. The molecular formula is C16H13BrFN3. The van der Waals surface area contributed by atoms with E-state index >= 15 is 0 Å². The Bertz CT molecular complexity index is 797. The molecule has 106 valence electrons. The molecule has 2 N–H and O–H groups in total. The number of nitrogen functional groups attached to an aromatic ring is 1. The van der Waals surface area contributed by atoms with Crippen molar-refractivity contribution in [3.63, 3.8) is 0 Å². The largest absolute Gasteiger partial charge is 0.383 e. The number of rotatable bonds is 2. The van der Waals surface area contributed by atoms with E-state index in [9.17, 15) is 4.39 Å². The molecule has 0 spiro atoms. The van der Waals surface area contributed by atoms with Crippen LogP contribution >= 0.6 is 15.9 Å². The third-order valence-corrected chi connectivity index (χ3v) is 4.01. The van der Waals surface area contributed by atoms with Crippen LogP contribution in [0, 0.1) is 5.82 Å². The van der Waals surface area contributed by atoms with E-state index in [1.54, 1.807) is 6.07 Å². The molecule has 0 amide bonds. The second-order valence-electron chi connectivity index (χ2n) is 4.72. The summed E-state index contributed by atoms with van der Waals surface area (Å²) in [5.74, 6) is 1.02. The summed E-state index contributed by atoms with van der Waals surface area (Å²) in [6.45, 7) is 0. The van der Waals surface area contributed by atoms with Gasteiger partial charge >= 0.3 is 0 Å². The number of nitrogens with two attached hydrogens (primary N) is 1. The predicted molar refractivity (Wildman–Crippen MR) is 86.2 cm³/mol. The van der Waals surface area contributed by atoms with E-state index in [-0.39, 0.29) is 5.82 Å². The van der Waals surface area contributed by atoms with Gasteiger partial charge in [-0.15, -0.1) is 0 Å². The third-order valence-electron chi connectivity index (χ3n) is 3.36. The van der Waals surface area contributed by atoms with Gasteiger partial charge in [0.2, 0.25) is 0 Å². The summed E-state index contributed by atoms with van der Waals surface area (Å²) in [6.07, 6.45) is 0. The van der Waals surface area contributed by atoms with Crippen molar-refractivity contribution in [1.29, 1.82) is 0 Å². The standard InChI is InChI=1S/C16H13BrFN3/c1-21-15(19)14(12-8-7-11(18)9-13(12)17)20-16(21)10-5-3-2-4-6-10/h2-9H,19H2,1H3. The van der Waals surface area contributed by atoms with Crippen LogP contribution in [0.5, 0.6) is 0 Å². The molecule has 0 radical (unpaired) electrons. The lowest BCUT2D eigenvalue weighted by atomic mass is 10.1. The van der Waals surface area contributed by atoms with Gasteiger partial charge in [0.15, 0.2) is 0 Å². The summed E-state index contributed by atoms with van der Waals surface area (Å²) >= 11 is 3.36. The van der Waals surface area contributed by atoms with Gasteiger partial charge in [0.05, 0.1) is 0 Å². The van der Waals surface area contributed by atoms with Crippen molar-refractivity contribution in [3.8, 4) is 22.6 Å². The highest BCUT2D eigenvalue weighted by Gasteiger charge is 2.17. The van der Waals surface area contributed by atoms with Crippen molar-refractivity contribution >= 4 is 21.7 Å². The van der Waals surface area contributed by atoms with E-state index in [1.165, 1.54) is 12.1 Å². The lowest BCUT2D eigenvalue weighted by molar-refractivity contribution is 0.627. The number of nitrogens with zero attached hydrogens (tertiary/aromatic N) is 2. The fourth-order valence-electron chi connectivity index (χ4n) is 2.24. The Morgan fingerprint density at radius 1 is 1.14 bits per heavy atom. The van der Waals surface area contributed by atoms with Crippen LogP contribution < -0.4 is 5.73 Å². The fraction of sp³-hybridized carbons (Fsp3) is 0.0625. The van der Waals surface area contributed by atoms with Crippen molar-refractivity contribution in [1.82, 2.24) is 9.55 Å². The van der Waals surface area contributed by atoms with Crippen LogP contribution in [0.25, 0.3) is 22.6 Å². The molecule has 3 rings (SSSR count). The highest BCUT2D eigenvalue weighted by molar-refractivity contribution is 9.10. The van der Waals surface area contributed by atoms with Crippen LogP contribution in [-0.2, 0) is 7.05 Å². The van der Waals surface area contributed by atoms with Crippen molar-refractivity contribution in [2.45, 2.75) is 0 Å². The molecule has 0 fully saturated rings. The van der Waals surface area contributed by atoms with E-state index in [0.717, 1.165) is 17.0 Å². The molecule has 0 saturated carbocycles. The van der Waals surface area contributed by atoms with Crippen LogP contribution in [-0.4, -0.2) is 9.55 Å². The Balaban J connectivity index is 2.17. The van der Waals surface area contributed by atoms with Gasteiger partial charge in [-0.2, -0.15) is 0 Å². The minimum Gasteiger partial charge on any atom is -0.383 e. The Labute approximate surface area is 130 Å². The molecule has 21 heavy (non-hydrogen) atoms. The van der Waals surface area contributed by atoms with Crippen molar-refractivity contribution in [2.24, 2.45) is 7.05 Å². The second kappa shape index (κ2) is 5.33. The summed E-state index contributed by atoms with van der Waals surface area (Å²) in [4.78, 5) is 4.63. The van der Waals surface area contributed by atoms with Crippen molar-refractivity contribution in [2.75, 3.05) is 5.73 Å². The SMILES string of the molecule is Cn1c(-c2ccccc2)nc(-c2ccc(F)cc2Br)c1N. The predicted octanol–water partition coefficient (Wildman–Crippen LogP) is 4.24. The minimum atomic E-state index is -0.302. The van der Waals surface area contributed by atoms with Gasteiger partial charge in [-0.05, 0) is 34.1 Å². The highest BCUT2D eigenvalue weighted by Crippen LogP contribution is 2.34. The number of aromatic nitrogens is 2. The Hall–Kier alpha value is -2.14. The summed E-state index contributed by atoms with van der Waals surface area (Å²) in [5.41, 5.74) is 8.56. The minimum absolute atomic E-state index is 0.302. The number of benzene rings is 2. The first kappa shape index (κ1) is 13.8. The molecule has 0 aliphatic carbocycles. The van der Waals surface area contributed by atoms with Gasteiger partial charge in [0.25, 0.3) is 0 Å². The van der Waals surface area contributed by atoms with Gasteiger partial charge < -0.3 is 10.3 Å². The van der Waals surface area contributed by atoms with Crippen LogP contribution in [0.2, 0.25) is 0 Å². The van der Waals surface area contributed by atoms with Crippen molar-refractivity contribution in [3.05, 3.63) is 58.8 Å². The van der Waals surface area contributed by atoms with Crippen LogP contribution in [0.15, 0.2) is 53.0 Å². The number of hydrogen-bond donors (Lipinski definition) is 1. The summed E-state index contributed by atoms with van der Waals surface area (Å²) in [6, 6.07) is 14.3. The van der Waals surface area contributed by atoms with E-state index in [4.69, 9.17) is 5.73 Å². The molecule has 0 aliphatic heterocycles. The van der Waals surface area contributed by atoms with Crippen LogP contribution in [0.4, 0.5) is 10.2 Å². The monoisotopic (exact) mass is 345 g/mol. The van der Waals surface area contributed by atoms with Gasteiger partial charge in [-0.25, -0.2) is 9.37 Å². The van der Waals surface area contributed by atoms with Crippen LogP contribution in [0.3, 0.4) is 0 Å². The molecule has 0 saturated heterocycles. The van der Waals surface area contributed by atoms with Gasteiger partial charge in [-0.1, -0.05) is 30.3 Å². The van der Waals surface area contributed by atoms with Crippen LogP contribution in [0.1, 0.15) is 0 Å². The molecule has 0 atom stereocenters. The zero-order valence-electron chi connectivity index (χ0n) is 11.3.